The van der Waals surface area contributed by atoms with Gasteiger partial charge in [0.25, 0.3) is 17.7 Å². The van der Waals surface area contributed by atoms with E-state index < -0.39 is 5.91 Å². The van der Waals surface area contributed by atoms with Crippen LogP contribution in [0, 0.1) is 5.41 Å². The molecule has 0 saturated heterocycles. The summed E-state index contributed by atoms with van der Waals surface area (Å²) < 4.78 is 1.59. The summed E-state index contributed by atoms with van der Waals surface area (Å²) in [5.41, 5.74) is 9.92. The van der Waals surface area contributed by atoms with Gasteiger partial charge in [0.05, 0.1) is 28.5 Å². The number of nitrogens with one attached hydrogen (secondary N) is 5. The van der Waals surface area contributed by atoms with Gasteiger partial charge in [-0.15, -0.1) is 0 Å². The van der Waals surface area contributed by atoms with Gasteiger partial charge >= 0.3 is 0 Å². The summed E-state index contributed by atoms with van der Waals surface area (Å²) in [6.07, 6.45) is 8.70. The van der Waals surface area contributed by atoms with Crippen LogP contribution in [0.5, 0.6) is 0 Å². The Kier molecular flexibility index (Phi) is 9.17. The van der Waals surface area contributed by atoms with E-state index in [-0.39, 0.29) is 36.3 Å². The molecule has 0 aliphatic rings. The molecule has 42 heavy (non-hydrogen) atoms. The Balaban J connectivity index is 1.32. The third-order valence-electron chi connectivity index (χ3n) is 6.27. The number of hydrogen-bond donors (Lipinski definition) is 6. The molecule has 0 bridgehead atoms. The first-order chi connectivity index (χ1) is 20.1. The number of amides is 3. The molecule has 0 spiro atoms. The van der Waals surface area contributed by atoms with Crippen LogP contribution in [0.2, 0.25) is 0 Å². The zero-order chi connectivity index (χ0) is 30.2. The van der Waals surface area contributed by atoms with E-state index in [0.29, 0.717) is 28.3 Å². The SMILES string of the molecule is CN(C)c1ccc(/C=C/c2ccc(C(=O)Nc3cc(C(=O)Nc4c[nH]c(C(=O)NCCC(=N)N)c4)n(C)c3)cn2)cc1. The predicted molar refractivity (Wildman–Crippen MR) is 165 cm³/mol. The van der Waals surface area contributed by atoms with Crippen molar-refractivity contribution in [3.05, 3.63) is 95.3 Å². The van der Waals surface area contributed by atoms with Crippen LogP contribution in [0.3, 0.4) is 0 Å². The highest BCUT2D eigenvalue weighted by Crippen LogP contribution is 2.18. The highest BCUT2D eigenvalue weighted by molar-refractivity contribution is 6.07. The topological polar surface area (TPSA) is 174 Å². The number of nitrogens with two attached hydrogens (primary N) is 1. The number of aromatic amines is 1. The first kappa shape index (κ1) is 29.3. The Morgan fingerprint density at radius 2 is 1.74 bits per heavy atom. The predicted octanol–water partition coefficient (Wildman–Crippen LogP) is 3.55. The quantitative estimate of drug-likeness (QED) is 0.119. The van der Waals surface area contributed by atoms with Crippen molar-refractivity contribution in [2.75, 3.05) is 36.2 Å². The van der Waals surface area contributed by atoms with Gasteiger partial charge in [0.2, 0.25) is 0 Å². The molecule has 3 aromatic heterocycles. The minimum absolute atomic E-state index is 0.0200. The largest absolute Gasteiger partial charge is 0.388 e. The highest BCUT2D eigenvalue weighted by Gasteiger charge is 2.16. The molecule has 0 atom stereocenters. The summed E-state index contributed by atoms with van der Waals surface area (Å²) in [6, 6.07) is 14.6. The molecule has 4 rings (SSSR count). The molecule has 12 nitrogen and oxygen atoms in total. The smallest absolute Gasteiger partial charge is 0.272 e. The van der Waals surface area contributed by atoms with E-state index in [1.54, 1.807) is 36.0 Å². The summed E-state index contributed by atoms with van der Waals surface area (Å²) >= 11 is 0. The van der Waals surface area contributed by atoms with Gasteiger partial charge in [-0.05, 0) is 48.0 Å². The van der Waals surface area contributed by atoms with Crippen molar-refractivity contribution < 1.29 is 14.4 Å². The van der Waals surface area contributed by atoms with Crippen LogP contribution in [-0.2, 0) is 7.05 Å². The molecule has 3 heterocycles. The average Bonchev–Trinajstić information content (AvgIpc) is 3.58. The van der Waals surface area contributed by atoms with Crippen molar-refractivity contribution >= 4 is 52.8 Å². The van der Waals surface area contributed by atoms with Crippen molar-refractivity contribution in [3.63, 3.8) is 0 Å². The van der Waals surface area contributed by atoms with Gasteiger partial charge in [0.15, 0.2) is 0 Å². The zero-order valence-corrected chi connectivity index (χ0v) is 23.6. The second-order valence-electron chi connectivity index (χ2n) is 9.76. The first-order valence-electron chi connectivity index (χ1n) is 13.1. The molecule has 0 aliphatic carbocycles. The Morgan fingerprint density at radius 1 is 1.00 bits per heavy atom. The van der Waals surface area contributed by atoms with Gasteiger partial charge in [-0.25, -0.2) is 0 Å². The number of nitrogens with zero attached hydrogens (tertiary/aromatic N) is 3. The fourth-order valence-electron chi connectivity index (χ4n) is 3.96. The van der Waals surface area contributed by atoms with Crippen molar-refractivity contribution in [3.8, 4) is 0 Å². The number of aromatic nitrogens is 3. The lowest BCUT2D eigenvalue weighted by Gasteiger charge is -2.11. The fraction of sp³-hybridized carbons (Fsp3) is 0.167. The Labute approximate surface area is 243 Å². The Bertz CT molecular complexity index is 1610. The van der Waals surface area contributed by atoms with Gasteiger partial charge < -0.3 is 36.1 Å². The van der Waals surface area contributed by atoms with Crippen LogP contribution in [0.15, 0.2) is 67.1 Å². The third-order valence-corrected chi connectivity index (χ3v) is 6.27. The number of amidine groups is 1. The van der Waals surface area contributed by atoms with E-state index in [9.17, 15) is 14.4 Å². The standard InChI is InChI=1S/C30H33N9O3/c1-38(2)24-10-5-19(6-11-24)4-8-21-9-7-20(16-34-21)28(40)37-23-15-26(39(3)18-23)30(42)36-22-14-25(35-17-22)29(41)33-13-12-27(31)32/h4-11,14-18,35H,12-13H2,1-3H3,(H3,31,32)(H,33,41)(H,36,42)(H,37,40)/b8-4+. The minimum atomic E-state index is -0.422. The van der Waals surface area contributed by atoms with E-state index in [4.69, 9.17) is 11.1 Å². The minimum Gasteiger partial charge on any atom is -0.388 e. The molecule has 1 aromatic carbocycles. The summed E-state index contributed by atoms with van der Waals surface area (Å²) in [5, 5.41) is 15.4. The first-order valence-corrected chi connectivity index (χ1v) is 13.1. The molecule has 7 N–H and O–H groups in total. The van der Waals surface area contributed by atoms with Crippen molar-refractivity contribution in [2.45, 2.75) is 6.42 Å². The number of anilines is 3. The molecule has 0 unspecified atom stereocenters. The third kappa shape index (κ3) is 7.72. The molecule has 12 heteroatoms. The van der Waals surface area contributed by atoms with Gasteiger partial charge in [-0.1, -0.05) is 18.2 Å². The average molecular weight is 568 g/mol. The highest BCUT2D eigenvalue weighted by atomic mass is 16.2. The summed E-state index contributed by atoms with van der Waals surface area (Å²) in [7, 11) is 5.67. The van der Waals surface area contributed by atoms with E-state index in [0.717, 1.165) is 11.3 Å². The molecule has 216 valence electrons. The van der Waals surface area contributed by atoms with Crippen molar-refractivity contribution in [1.29, 1.82) is 5.41 Å². The van der Waals surface area contributed by atoms with Crippen molar-refractivity contribution in [1.82, 2.24) is 19.9 Å². The van der Waals surface area contributed by atoms with Crippen LogP contribution in [-0.4, -0.2) is 58.7 Å². The number of H-pyrrole nitrogens is 1. The van der Waals surface area contributed by atoms with E-state index in [1.807, 2.05) is 55.4 Å². The molecule has 0 saturated carbocycles. The molecule has 0 radical (unpaired) electrons. The van der Waals surface area contributed by atoms with Gasteiger partial charge in [-0.2, -0.15) is 0 Å². The molecule has 0 fully saturated rings. The van der Waals surface area contributed by atoms with E-state index in [2.05, 4.69) is 25.9 Å². The summed E-state index contributed by atoms with van der Waals surface area (Å²) in [5.74, 6) is -1.18. The van der Waals surface area contributed by atoms with Gasteiger partial charge in [-0.3, -0.25) is 24.8 Å². The molecule has 3 amide bonds. The van der Waals surface area contributed by atoms with Gasteiger partial charge in [0.1, 0.15) is 11.4 Å². The summed E-state index contributed by atoms with van der Waals surface area (Å²) in [6.45, 7) is 0.233. The maximum atomic E-state index is 12.9. The molecular weight excluding hydrogens is 534 g/mol. The molecular formula is C30H33N9O3. The fourth-order valence-corrected chi connectivity index (χ4v) is 3.96. The lowest BCUT2D eigenvalue weighted by Crippen LogP contribution is -2.27. The van der Waals surface area contributed by atoms with E-state index in [1.165, 1.54) is 18.5 Å². The molecule has 4 aromatic rings. The number of aryl methyl sites for hydroxylation is 1. The van der Waals surface area contributed by atoms with Crippen LogP contribution < -0.4 is 26.6 Å². The van der Waals surface area contributed by atoms with E-state index >= 15 is 0 Å². The number of benzene rings is 1. The Morgan fingerprint density at radius 3 is 2.40 bits per heavy atom. The lowest BCUT2D eigenvalue weighted by atomic mass is 10.1. The maximum Gasteiger partial charge on any atom is 0.272 e. The normalized spacial score (nSPS) is 10.8. The number of carbonyl (C=O) groups excluding carboxylic acids is 3. The maximum absolute atomic E-state index is 12.9. The van der Waals surface area contributed by atoms with Crippen LogP contribution in [0.25, 0.3) is 12.2 Å². The second kappa shape index (κ2) is 13.1. The monoisotopic (exact) mass is 567 g/mol. The Hall–Kier alpha value is -5.65. The number of pyridine rings is 1. The molecule has 0 aliphatic heterocycles. The van der Waals surface area contributed by atoms with Gasteiger partial charge in [0, 0.05) is 58.4 Å². The lowest BCUT2D eigenvalue weighted by molar-refractivity contribution is 0.0948. The number of rotatable bonds is 11. The summed E-state index contributed by atoms with van der Waals surface area (Å²) in [4.78, 5) is 47.1. The van der Waals surface area contributed by atoms with Crippen LogP contribution in [0.4, 0.5) is 17.1 Å². The van der Waals surface area contributed by atoms with Crippen molar-refractivity contribution in [2.24, 2.45) is 12.8 Å². The van der Waals surface area contributed by atoms with Crippen LogP contribution in [0.1, 0.15) is 49.0 Å². The van der Waals surface area contributed by atoms with Crippen LogP contribution >= 0.6 is 0 Å². The number of hydrogen-bond acceptors (Lipinski definition) is 6. The number of carbonyl (C=O) groups is 3. The zero-order valence-electron chi connectivity index (χ0n) is 23.6. The second-order valence-corrected chi connectivity index (χ2v) is 9.76.